The Morgan fingerprint density at radius 2 is 2.00 bits per heavy atom. The maximum absolute atomic E-state index is 12.8. The summed E-state index contributed by atoms with van der Waals surface area (Å²) in [7, 11) is 0. The number of aromatic nitrogens is 1. The molecule has 4 N–H and O–H groups in total. The van der Waals surface area contributed by atoms with Crippen molar-refractivity contribution in [1.82, 2.24) is 9.88 Å². The largest absolute Gasteiger partial charge is 0.508 e. The normalized spacial score (nSPS) is 16.8. The third-order valence-corrected chi connectivity index (χ3v) is 4.94. The molecule has 1 aliphatic rings. The van der Waals surface area contributed by atoms with Crippen molar-refractivity contribution in [3.05, 3.63) is 47.2 Å². The summed E-state index contributed by atoms with van der Waals surface area (Å²) in [5.74, 6) is -0.655. The van der Waals surface area contributed by atoms with Crippen LogP contribution in [0.15, 0.2) is 30.5 Å². The van der Waals surface area contributed by atoms with Gasteiger partial charge in [-0.25, -0.2) is 4.98 Å². The van der Waals surface area contributed by atoms with E-state index in [0.717, 1.165) is 36.0 Å². The molecular formula is C20H24N4O3. The molecule has 7 nitrogen and oxygen atoms in total. The van der Waals surface area contributed by atoms with Gasteiger partial charge in [0.2, 0.25) is 0 Å². The highest BCUT2D eigenvalue weighted by atomic mass is 16.3. The van der Waals surface area contributed by atoms with E-state index in [4.69, 9.17) is 5.73 Å². The van der Waals surface area contributed by atoms with Gasteiger partial charge in [-0.1, -0.05) is 12.1 Å². The second kappa shape index (κ2) is 7.65. The number of aromatic hydroxyl groups is 1. The molecule has 27 heavy (non-hydrogen) atoms. The number of carbonyl (C=O) groups excluding carboxylic acids is 2. The smallest absolute Gasteiger partial charge is 0.313 e. The van der Waals surface area contributed by atoms with Crippen molar-refractivity contribution in [1.29, 1.82) is 0 Å². The molecule has 3 rings (SSSR count). The van der Waals surface area contributed by atoms with E-state index in [-0.39, 0.29) is 11.8 Å². The molecule has 0 spiro atoms. The highest BCUT2D eigenvalue weighted by Crippen LogP contribution is 2.33. The van der Waals surface area contributed by atoms with Crippen LogP contribution in [0.4, 0.5) is 11.5 Å². The molecule has 1 atom stereocenters. The number of phenolic OH excluding ortho intramolecular Hbond substituents is 1. The van der Waals surface area contributed by atoms with Crippen LogP contribution < -0.4 is 11.1 Å². The zero-order chi connectivity index (χ0) is 19.6. The summed E-state index contributed by atoms with van der Waals surface area (Å²) in [6, 6.07) is 6.82. The van der Waals surface area contributed by atoms with Gasteiger partial charge in [0, 0.05) is 6.54 Å². The first kappa shape index (κ1) is 18.7. The molecule has 1 saturated heterocycles. The predicted molar refractivity (Wildman–Crippen MR) is 103 cm³/mol. The third kappa shape index (κ3) is 4.02. The number of carbonyl (C=O) groups is 2. The number of pyridine rings is 1. The number of nitrogens with two attached hydrogens (primary N) is 1. The first-order valence-electron chi connectivity index (χ1n) is 9.00. The standard InChI is InChI=1S/C20H24N4O3/c1-12-9-14(6-7-17(12)25)16-5-3-4-8-24(16)20(27)19(26)23-15-10-13(2)18(21)22-11-15/h6-7,9-11,16,25H,3-5,8H2,1-2H3,(H2,21,22)(H,23,26)/t16-/m0/s1. The molecule has 0 bridgehead atoms. The molecule has 1 aliphatic heterocycles. The molecule has 2 aromatic rings. The number of nitrogens with one attached hydrogen (secondary N) is 1. The van der Waals surface area contributed by atoms with Crippen LogP contribution in [0.25, 0.3) is 0 Å². The Labute approximate surface area is 158 Å². The Morgan fingerprint density at radius 3 is 2.70 bits per heavy atom. The third-order valence-electron chi connectivity index (χ3n) is 4.94. The van der Waals surface area contributed by atoms with Crippen molar-refractivity contribution < 1.29 is 14.7 Å². The minimum Gasteiger partial charge on any atom is -0.508 e. The number of anilines is 2. The number of benzene rings is 1. The van der Waals surface area contributed by atoms with Crippen molar-refractivity contribution in [2.24, 2.45) is 0 Å². The van der Waals surface area contributed by atoms with Crippen LogP contribution >= 0.6 is 0 Å². The number of hydrogen-bond donors (Lipinski definition) is 3. The van der Waals surface area contributed by atoms with E-state index < -0.39 is 11.8 Å². The first-order valence-corrected chi connectivity index (χ1v) is 9.00. The van der Waals surface area contributed by atoms with Crippen molar-refractivity contribution in [3.8, 4) is 5.75 Å². The number of likely N-dealkylation sites (tertiary alicyclic amines) is 1. The summed E-state index contributed by atoms with van der Waals surface area (Å²) in [4.78, 5) is 30.9. The molecule has 0 radical (unpaired) electrons. The molecule has 0 aliphatic carbocycles. The Bertz CT molecular complexity index is 882. The summed E-state index contributed by atoms with van der Waals surface area (Å²) in [5.41, 5.74) is 8.53. The van der Waals surface area contributed by atoms with Crippen molar-refractivity contribution >= 4 is 23.3 Å². The van der Waals surface area contributed by atoms with E-state index in [2.05, 4.69) is 10.3 Å². The van der Waals surface area contributed by atoms with Crippen molar-refractivity contribution in [3.63, 3.8) is 0 Å². The van der Waals surface area contributed by atoms with Gasteiger partial charge in [-0.15, -0.1) is 0 Å². The zero-order valence-electron chi connectivity index (χ0n) is 15.5. The van der Waals surface area contributed by atoms with Crippen LogP contribution in [-0.4, -0.2) is 33.3 Å². The van der Waals surface area contributed by atoms with Crippen molar-refractivity contribution in [2.45, 2.75) is 39.2 Å². The maximum Gasteiger partial charge on any atom is 0.313 e. The topological polar surface area (TPSA) is 109 Å². The van der Waals surface area contributed by atoms with E-state index in [9.17, 15) is 14.7 Å². The minimum atomic E-state index is -0.691. The molecule has 1 fully saturated rings. The number of rotatable bonds is 2. The second-order valence-electron chi connectivity index (χ2n) is 6.94. The number of nitrogens with zero attached hydrogens (tertiary/aromatic N) is 2. The molecular weight excluding hydrogens is 344 g/mol. The quantitative estimate of drug-likeness (QED) is 0.706. The Morgan fingerprint density at radius 1 is 1.22 bits per heavy atom. The number of amides is 2. The number of aryl methyl sites for hydroxylation is 2. The zero-order valence-corrected chi connectivity index (χ0v) is 15.5. The van der Waals surface area contributed by atoms with E-state index in [0.29, 0.717) is 18.1 Å². The van der Waals surface area contributed by atoms with Crippen LogP contribution in [0, 0.1) is 13.8 Å². The fraction of sp³-hybridized carbons (Fsp3) is 0.350. The van der Waals surface area contributed by atoms with Gasteiger partial charge in [0.1, 0.15) is 11.6 Å². The van der Waals surface area contributed by atoms with Crippen molar-refractivity contribution in [2.75, 3.05) is 17.6 Å². The highest BCUT2D eigenvalue weighted by Gasteiger charge is 2.32. The predicted octanol–water partition coefficient (Wildman–Crippen LogP) is 2.68. The van der Waals surface area contributed by atoms with Crippen LogP contribution in [-0.2, 0) is 9.59 Å². The average Bonchev–Trinajstić information content (AvgIpc) is 2.66. The lowest BCUT2D eigenvalue weighted by atomic mass is 9.94. The van der Waals surface area contributed by atoms with Crippen LogP contribution in [0.2, 0.25) is 0 Å². The number of hydrogen-bond acceptors (Lipinski definition) is 5. The van der Waals surface area contributed by atoms with Gasteiger partial charge in [0.05, 0.1) is 17.9 Å². The first-order chi connectivity index (χ1) is 12.9. The molecule has 1 aromatic carbocycles. The van der Waals surface area contributed by atoms with E-state index in [1.54, 1.807) is 24.0 Å². The fourth-order valence-corrected chi connectivity index (χ4v) is 3.38. The SMILES string of the molecule is Cc1cc([C@@H]2CCCCN2C(=O)C(=O)Nc2cnc(N)c(C)c2)ccc1O. The highest BCUT2D eigenvalue weighted by molar-refractivity contribution is 6.39. The lowest BCUT2D eigenvalue weighted by Gasteiger charge is -2.35. The molecule has 1 aromatic heterocycles. The monoisotopic (exact) mass is 368 g/mol. The average molecular weight is 368 g/mol. The fourth-order valence-electron chi connectivity index (χ4n) is 3.38. The summed E-state index contributed by atoms with van der Waals surface area (Å²) in [5, 5.41) is 12.4. The van der Waals surface area contributed by atoms with Gasteiger partial charge < -0.3 is 21.1 Å². The summed E-state index contributed by atoms with van der Waals surface area (Å²) < 4.78 is 0. The van der Waals surface area contributed by atoms with Gasteiger partial charge in [0.15, 0.2) is 0 Å². The Hall–Kier alpha value is -3.09. The molecule has 142 valence electrons. The van der Waals surface area contributed by atoms with Crippen LogP contribution in [0.1, 0.15) is 42.0 Å². The molecule has 0 unspecified atom stereocenters. The summed E-state index contributed by atoms with van der Waals surface area (Å²) in [6.45, 7) is 4.13. The van der Waals surface area contributed by atoms with E-state index in [1.807, 2.05) is 19.1 Å². The number of nitrogen functional groups attached to an aromatic ring is 1. The maximum atomic E-state index is 12.8. The van der Waals surface area contributed by atoms with Gasteiger partial charge in [-0.05, 0) is 61.9 Å². The number of piperidine rings is 1. The molecule has 0 saturated carbocycles. The minimum absolute atomic E-state index is 0.178. The lowest BCUT2D eigenvalue weighted by Crippen LogP contribution is -2.44. The van der Waals surface area contributed by atoms with Gasteiger partial charge >= 0.3 is 11.8 Å². The summed E-state index contributed by atoms with van der Waals surface area (Å²) >= 11 is 0. The van der Waals surface area contributed by atoms with Gasteiger partial charge in [-0.3, -0.25) is 9.59 Å². The summed E-state index contributed by atoms with van der Waals surface area (Å²) in [6.07, 6.45) is 4.06. The molecule has 2 amide bonds. The van der Waals surface area contributed by atoms with E-state index >= 15 is 0 Å². The molecule has 2 heterocycles. The van der Waals surface area contributed by atoms with E-state index in [1.165, 1.54) is 6.20 Å². The molecule has 7 heteroatoms. The van der Waals surface area contributed by atoms with Crippen LogP contribution in [0.3, 0.4) is 0 Å². The van der Waals surface area contributed by atoms with Gasteiger partial charge in [-0.2, -0.15) is 0 Å². The Kier molecular flexibility index (Phi) is 5.30. The lowest BCUT2D eigenvalue weighted by molar-refractivity contribution is -0.145. The Balaban J connectivity index is 1.78. The van der Waals surface area contributed by atoms with Crippen LogP contribution in [0.5, 0.6) is 5.75 Å². The number of phenols is 1. The van der Waals surface area contributed by atoms with Gasteiger partial charge in [0.25, 0.3) is 0 Å². The second-order valence-corrected chi connectivity index (χ2v) is 6.94.